The minimum Gasteiger partial charge on any atom is -0.508 e. The van der Waals surface area contributed by atoms with Crippen LogP contribution in [-0.2, 0) is 0 Å². The molecule has 0 saturated heterocycles. The molecule has 0 unspecified atom stereocenters. The van der Waals surface area contributed by atoms with Gasteiger partial charge in [-0.15, -0.1) is 0 Å². The lowest BCUT2D eigenvalue weighted by molar-refractivity contribution is 0.228. The Morgan fingerprint density at radius 3 is 2.50 bits per heavy atom. The van der Waals surface area contributed by atoms with Crippen LogP contribution in [0.1, 0.15) is 13.8 Å². The van der Waals surface area contributed by atoms with Crippen LogP contribution in [0.15, 0.2) is 23.1 Å². The highest BCUT2D eigenvalue weighted by Gasteiger charge is 2.14. The third-order valence-corrected chi connectivity index (χ3v) is 3.14. The van der Waals surface area contributed by atoms with Crippen molar-refractivity contribution in [1.29, 1.82) is 0 Å². The van der Waals surface area contributed by atoms with Gasteiger partial charge in [-0.3, -0.25) is 4.79 Å². The zero-order chi connectivity index (χ0) is 12.1. The molecule has 1 rings (SSSR count). The molecule has 1 aromatic carbocycles. The monoisotopic (exact) mass is 241 g/mol. The fraction of sp³-hybridized carbons (Fsp3) is 0.364. The number of phenolic OH excluding ortho intramolecular Hbond substituents is 2. The van der Waals surface area contributed by atoms with Crippen molar-refractivity contribution in [3.63, 3.8) is 0 Å². The van der Waals surface area contributed by atoms with Crippen molar-refractivity contribution < 1.29 is 15.0 Å². The summed E-state index contributed by atoms with van der Waals surface area (Å²) in [6, 6.07) is 4.12. The van der Waals surface area contributed by atoms with Crippen LogP contribution < -0.4 is 0 Å². The summed E-state index contributed by atoms with van der Waals surface area (Å²) in [4.78, 5) is 13.8. The third kappa shape index (κ3) is 3.06. The Bertz CT molecular complexity index is 377. The maximum Gasteiger partial charge on any atom is 0.286 e. The van der Waals surface area contributed by atoms with Crippen molar-refractivity contribution in [2.24, 2.45) is 0 Å². The van der Waals surface area contributed by atoms with E-state index in [9.17, 15) is 15.0 Å². The molecule has 0 heterocycles. The summed E-state index contributed by atoms with van der Waals surface area (Å²) in [6.45, 7) is 5.04. The van der Waals surface area contributed by atoms with E-state index < -0.39 is 0 Å². The highest BCUT2D eigenvalue weighted by molar-refractivity contribution is 8.13. The number of aromatic hydroxyl groups is 2. The van der Waals surface area contributed by atoms with Gasteiger partial charge in [-0.25, -0.2) is 0 Å². The number of carbonyl (C=O) groups excluding carboxylic acids is 1. The van der Waals surface area contributed by atoms with Crippen LogP contribution in [0.25, 0.3) is 0 Å². The van der Waals surface area contributed by atoms with Crippen molar-refractivity contribution in [2.75, 3.05) is 13.1 Å². The van der Waals surface area contributed by atoms with E-state index in [2.05, 4.69) is 0 Å². The van der Waals surface area contributed by atoms with Gasteiger partial charge in [0.15, 0.2) is 0 Å². The Morgan fingerprint density at radius 2 is 1.94 bits per heavy atom. The second-order valence-corrected chi connectivity index (χ2v) is 4.19. The first-order valence-corrected chi connectivity index (χ1v) is 5.88. The summed E-state index contributed by atoms with van der Waals surface area (Å²) in [5.41, 5.74) is 0. The number of benzene rings is 1. The predicted octanol–water partition coefficient (Wildman–Crippen LogP) is 2.65. The van der Waals surface area contributed by atoms with Crippen molar-refractivity contribution in [3.8, 4) is 11.5 Å². The summed E-state index contributed by atoms with van der Waals surface area (Å²) in [5.74, 6) is 0.0379. The van der Waals surface area contributed by atoms with Gasteiger partial charge in [-0.2, -0.15) is 0 Å². The Kier molecular flexibility index (Phi) is 4.49. The Labute approximate surface area is 98.9 Å². The fourth-order valence-electron chi connectivity index (χ4n) is 1.22. The van der Waals surface area contributed by atoms with Gasteiger partial charge in [-0.1, -0.05) is 0 Å². The smallest absolute Gasteiger partial charge is 0.286 e. The van der Waals surface area contributed by atoms with Crippen LogP contribution in [0.2, 0.25) is 0 Å². The first kappa shape index (κ1) is 12.7. The number of phenols is 2. The third-order valence-electron chi connectivity index (χ3n) is 2.16. The summed E-state index contributed by atoms with van der Waals surface area (Å²) < 4.78 is 0. The highest BCUT2D eigenvalue weighted by atomic mass is 32.2. The molecule has 0 aliphatic carbocycles. The van der Waals surface area contributed by atoms with Gasteiger partial charge in [0.05, 0.1) is 4.90 Å². The van der Waals surface area contributed by atoms with E-state index in [1.807, 2.05) is 13.8 Å². The second-order valence-electron chi connectivity index (χ2n) is 3.19. The van der Waals surface area contributed by atoms with Crippen LogP contribution in [0.5, 0.6) is 11.5 Å². The molecule has 0 aliphatic heterocycles. The summed E-state index contributed by atoms with van der Waals surface area (Å²) in [5, 5.41) is 18.6. The number of hydrogen-bond donors (Lipinski definition) is 2. The van der Waals surface area contributed by atoms with Gasteiger partial charge in [0.2, 0.25) is 0 Å². The molecule has 0 saturated carbocycles. The maximum atomic E-state index is 11.7. The van der Waals surface area contributed by atoms with Gasteiger partial charge in [0, 0.05) is 13.1 Å². The average Bonchev–Trinajstić information content (AvgIpc) is 2.25. The number of nitrogens with zero attached hydrogens (tertiary/aromatic N) is 1. The molecule has 88 valence electrons. The average molecular weight is 241 g/mol. The summed E-state index contributed by atoms with van der Waals surface area (Å²) >= 11 is 0.919. The number of carbonyl (C=O) groups is 1. The molecule has 1 aromatic rings. The van der Waals surface area contributed by atoms with E-state index in [4.69, 9.17) is 0 Å². The molecule has 1 amide bonds. The lowest BCUT2D eigenvalue weighted by atomic mass is 10.3. The molecule has 0 fully saturated rings. The Balaban J connectivity index is 2.80. The molecular weight excluding hydrogens is 226 g/mol. The topological polar surface area (TPSA) is 60.8 Å². The van der Waals surface area contributed by atoms with Crippen LogP contribution >= 0.6 is 11.8 Å². The van der Waals surface area contributed by atoms with Crippen molar-refractivity contribution in [1.82, 2.24) is 4.90 Å². The van der Waals surface area contributed by atoms with E-state index >= 15 is 0 Å². The summed E-state index contributed by atoms with van der Waals surface area (Å²) in [6.07, 6.45) is 0. The van der Waals surface area contributed by atoms with E-state index in [1.54, 1.807) is 4.90 Å². The van der Waals surface area contributed by atoms with Crippen LogP contribution in [0, 0.1) is 0 Å². The quantitative estimate of drug-likeness (QED) is 0.631. The van der Waals surface area contributed by atoms with Crippen molar-refractivity contribution in [2.45, 2.75) is 18.7 Å². The van der Waals surface area contributed by atoms with Gasteiger partial charge < -0.3 is 15.1 Å². The summed E-state index contributed by atoms with van der Waals surface area (Å²) in [7, 11) is 0. The highest BCUT2D eigenvalue weighted by Crippen LogP contribution is 2.32. The predicted molar refractivity (Wildman–Crippen MR) is 63.9 cm³/mol. The number of rotatable bonds is 3. The SMILES string of the molecule is CCN(CC)C(=O)Sc1cc(O)ccc1O. The lowest BCUT2D eigenvalue weighted by Crippen LogP contribution is -2.26. The molecular formula is C11H15NO3S. The standard InChI is InChI=1S/C11H15NO3S/c1-3-12(4-2)11(15)16-10-7-8(13)5-6-9(10)14/h5-7,13-14H,3-4H2,1-2H3. The van der Waals surface area contributed by atoms with E-state index in [-0.39, 0.29) is 16.7 Å². The molecule has 0 bridgehead atoms. The van der Waals surface area contributed by atoms with Gasteiger partial charge >= 0.3 is 0 Å². The molecule has 5 heteroatoms. The Hall–Kier alpha value is -1.36. The van der Waals surface area contributed by atoms with Crippen molar-refractivity contribution in [3.05, 3.63) is 18.2 Å². The maximum absolute atomic E-state index is 11.7. The second kappa shape index (κ2) is 5.65. The van der Waals surface area contributed by atoms with Crippen LogP contribution in [0.3, 0.4) is 0 Å². The molecule has 4 nitrogen and oxygen atoms in total. The van der Waals surface area contributed by atoms with Gasteiger partial charge in [0.1, 0.15) is 11.5 Å². The molecule has 0 aromatic heterocycles. The number of hydrogen-bond acceptors (Lipinski definition) is 4. The fourth-order valence-corrected chi connectivity index (χ4v) is 2.15. The molecule has 0 spiro atoms. The number of amides is 1. The van der Waals surface area contributed by atoms with Crippen molar-refractivity contribution >= 4 is 17.0 Å². The minimum atomic E-state index is -0.133. The first-order chi connectivity index (χ1) is 7.58. The normalized spacial score (nSPS) is 10.1. The largest absolute Gasteiger partial charge is 0.508 e. The molecule has 2 N–H and O–H groups in total. The molecule has 16 heavy (non-hydrogen) atoms. The van der Waals surface area contributed by atoms with E-state index in [0.29, 0.717) is 18.0 Å². The minimum absolute atomic E-state index is 0.00306. The number of thioether (sulfide) groups is 1. The molecule has 0 atom stereocenters. The first-order valence-electron chi connectivity index (χ1n) is 5.07. The molecule has 0 aliphatic rings. The van der Waals surface area contributed by atoms with Crippen LogP contribution in [0.4, 0.5) is 4.79 Å². The van der Waals surface area contributed by atoms with E-state index in [0.717, 1.165) is 11.8 Å². The zero-order valence-electron chi connectivity index (χ0n) is 9.30. The van der Waals surface area contributed by atoms with Gasteiger partial charge in [-0.05, 0) is 43.8 Å². The zero-order valence-corrected chi connectivity index (χ0v) is 10.1. The van der Waals surface area contributed by atoms with Gasteiger partial charge in [0.25, 0.3) is 5.24 Å². The lowest BCUT2D eigenvalue weighted by Gasteiger charge is -2.17. The van der Waals surface area contributed by atoms with E-state index in [1.165, 1.54) is 18.2 Å². The Morgan fingerprint density at radius 1 is 1.31 bits per heavy atom. The molecule has 0 radical (unpaired) electrons. The van der Waals surface area contributed by atoms with Crippen LogP contribution in [-0.4, -0.2) is 33.4 Å².